The van der Waals surface area contributed by atoms with E-state index in [-0.39, 0.29) is 5.66 Å². The molecule has 1 saturated carbocycles. The minimum absolute atomic E-state index is 0.0778. The Kier molecular flexibility index (Phi) is 6.07. The minimum Gasteiger partial charge on any atom is -0.487 e. The summed E-state index contributed by atoms with van der Waals surface area (Å²) in [5.74, 6) is 0.700. The molecule has 0 bridgehead atoms. The molecular formula is C21H28ClN3O. The summed E-state index contributed by atoms with van der Waals surface area (Å²) in [5.41, 5.74) is 8.14. The van der Waals surface area contributed by atoms with Gasteiger partial charge in [0.05, 0.1) is 10.7 Å². The van der Waals surface area contributed by atoms with E-state index in [0.717, 1.165) is 36.9 Å². The van der Waals surface area contributed by atoms with Crippen LogP contribution in [0.4, 0.5) is 5.69 Å². The van der Waals surface area contributed by atoms with E-state index < -0.39 is 0 Å². The lowest BCUT2D eigenvalue weighted by molar-refractivity contribution is 0.122. The van der Waals surface area contributed by atoms with E-state index in [4.69, 9.17) is 22.1 Å². The zero-order valence-corrected chi connectivity index (χ0v) is 16.3. The first-order valence-corrected chi connectivity index (χ1v) is 9.54. The molecule has 0 amide bonds. The van der Waals surface area contributed by atoms with Crippen LogP contribution in [0.2, 0.25) is 5.02 Å². The number of benzene rings is 2. The van der Waals surface area contributed by atoms with Gasteiger partial charge in [0.1, 0.15) is 12.4 Å². The highest BCUT2D eigenvalue weighted by Gasteiger charge is 2.36. The van der Waals surface area contributed by atoms with Gasteiger partial charge in [-0.25, -0.2) is 0 Å². The standard InChI is InChI=1S/C21H28ClN3O/c1-25(2)21(12-10-17(23)11-13-21)24-18-8-9-20(19(22)14-18)26-15-16-6-4-3-5-7-16/h3-9,14,17,24H,10-13,15,23H2,1-2H3. The summed E-state index contributed by atoms with van der Waals surface area (Å²) < 4.78 is 5.87. The zero-order valence-electron chi connectivity index (χ0n) is 15.5. The van der Waals surface area contributed by atoms with Crippen molar-refractivity contribution in [3.63, 3.8) is 0 Å². The molecule has 3 rings (SSSR count). The van der Waals surface area contributed by atoms with E-state index in [0.29, 0.717) is 23.4 Å². The molecule has 0 atom stereocenters. The second kappa shape index (κ2) is 8.30. The first-order valence-electron chi connectivity index (χ1n) is 9.16. The lowest BCUT2D eigenvalue weighted by Crippen LogP contribution is -2.54. The van der Waals surface area contributed by atoms with Gasteiger partial charge in [-0.1, -0.05) is 41.9 Å². The average molecular weight is 374 g/mol. The highest BCUT2D eigenvalue weighted by molar-refractivity contribution is 6.32. The number of hydrogen-bond donors (Lipinski definition) is 2. The monoisotopic (exact) mass is 373 g/mol. The van der Waals surface area contributed by atoms with Gasteiger partial charge >= 0.3 is 0 Å². The van der Waals surface area contributed by atoms with Crippen LogP contribution < -0.4 is 15.8 Å². The smallest absolute Gasteiger partial charge is 0.138 e. The molecule has 0 saturated heterocycles. The molecule has 0 aromatic heterocycles. The van der Waals surface area contributed by atoms with Gasteiger partial charge in [0.25, 0.3) is 0 Å². The number of nitrogens with zero attached hydrogens (tertiary/aromatic N) is 1. The van der Waals surface area contributed by atoms with Gasteiger partial charge < -0.3 is 15.8 Å². The maximum absolute atomic E-state index is 6.46. The quantitative estimate of drug-likeness (QED) is 0.732. The Balaban J connectivity index is 1.68. The summed E-state index contributed by atoms with van der Waals surface area (Å²) in [5, 5.41) is 4.30. The van der Waals surface area contributed by atoms with Crippen molar-refractivity contribution >= 4 is 17.3 Å². The predicted octanol–water partition coefficient (Wildman–Crippen LogP) is 4.49. The van der Waals surface area contributed by atoms with Crippen molar-refractivity contribution in [2.45, 2.75) is 44.0 Å². The van der Waals surface area contributed by atoms with E-state index in [1.807, 2.05) is 48.5 Å². The first-order chi connectivity index (χ1) is 12.5. The van der Waals surface area contributed by atoms with Gasteiger partial charge in [0.2, 0.25) is 0 Å². The number of ether oxygens (including phenoxy) is 1. The molecular weight excluding hydrogens is 346 g/mol. The van der Waals surface area contributed by atoms with E-state index in [1.54, 1.807) is 0 Å². The molecule has 0 heterocycles. The Morgan fingerprint density at radius 3 is 2.46 bits per heavy atom. The summed E-state index contributed by atoms with van der Waals surface area (Å²) >= 11 is 6.46. The molecule has 2 aromatic rings. The lowest BCUT2D eigenvalue weighted by atomic mass is 9.85. The summed E-state index contributed by atoms with van der Waals surface area (Å²) in [4.78, 5) is 2.26. The van der Waals surface area contributed by atoms with E-state index in [2.05, 4.69) is 24.3 Å². The topological polar surface area (TPSA) is 50.5 Å². The number of halogens is 1. The number of rotatable bonds is 6. The molecule has 1 aliphatic carbocycles. The third kappa shape index (κ3) is 4.50. The highest BCUT2D eigenvalue weighted by atomic mass is 35.5. The minimum atomic E-state index is -0.0778. The summed E-state index contributed by atoms with van der Waals surface area (Å²) in [7, 11) is 4.23. The Morgan fingerprint density at radius 2 is 1.85 bits per heavy atom. The second-order valence-corrected chi connectivity index (χ2v) is 7.72. The van der Waals surface area contributed by atoms with Crippen molar-refractivity contribution in [3.8, 4) is 5.75 Å². The lowest BCUT2D eigenvalue weighted by Gasteiger charge is -2.45. The molecule has 140 valence electrons. The highest BCUT2D eigenvalue weighted by Crippen LogP contribution is 2.35. The molecule has 1 aliphatic rings. The predicted molar refractivity (Wildman–Crippen MR) is 109 cm³/mol. The van der Waals surface area contributed by atoms with Crippen LogP contribution in [0.5, 0.6) is 5.75 Å². The molecule has 0 aliphatic heterocycles. The Bertz CT molecular complexity index is 712. The van der Waals surface area contributed by atoms with Crippen LogP contribution in [0.15, 0.2) is 48.5 Å². The number of nitrogens with two attached hydrogens (primary N) is 1. The molecule has 26 heavy (non-hydrogen) atoms. The zero-order chi connectivity index (χ0) is 18.6. The average Bonchev–Trinajstić information content (AvgIpc) is 2.64. The Morgan fingerprint density at radius 1 is 1.15 bits per heavy atom. The van der Waals surface area contributed by atoms with Crippen LogP contribution in [0.25, 0.3) is 0 Å². The second-order valence-electron chi connectivity index (χ2n) is 7.31. The fourth-order valence-corrected chi connectivity index (χ4v) is 3.74. The van der Waals surface area contributed by atoms with Crippen LogP contribution >= 0.6 is 11.6 Å². The van der Waals surface area contributed by atoms with Crippen molar-refractivity contribution in [3.05, 3.63) is 59.1 Å². The van der Waals surface area contributed by atoms with Crippen molar-refractivity contribution in [2.24, 2.45) is 5.73 Å². The van der Waals surface area contributed by atoms with Gasteiger partial charge in [0, 0.05) is 11.7 Å². The van der Waals surface area contributed by atoms with Crippen molar-refractivity contribution < 1.29 is 4.74 Å². The van der Waals surface area contributed by atoms with E-state index in [1.165, 1.54) is 0 Å². The molecule has 0 radical (unpaired) electrons. The van der Waals surface area contributed by atoms with Gasteiger partial charge in [0.15, 0.2) is 0 Å². The molecule has 4 nitrogen and oxygen atoms in total. The van der Waals surface area contributed by atoms with Crippen molar-refractivity contribution in [2.75, 3.05) is 19.4 Å². The molecule has 5 heteroatoms. The number of nitrogens with one attached hydrogen (secondary N) is 1. The van der Waals surface area contributed by atoms with Gasteiger partial charge in [-0.2, -0.15) is 0 Å². The third-order valence-corrected chi connectivity index (χ3v) is 5.55. The van der Waals surface area contributed by atoms with Crippen LogP contribution in [0.3, 0.4) is 0 Å². The fraction of sp³-hybridized carbons (Fsp3) is 0.429. The fourth-order valence-electron chi connectivity index (χ4n) is 3.50. The maximum atomic E-state index is 6.46. The SMILES string of the molecule is CN(C)C1(Nc2ccc(OCc3ccccc3)c(Cl)c2)CCC(N)CC1. The van der Waals surface area contributed by atoms with Crippen LogP contribution in [0, 0.1) is 0 Å². The van der Waals surface area contributed by atoms with Crippen molar-refractivity contribution in [1.82, 2.24) is 4.90 Å². The molecule has 0 unspecified atom stereocenters. The van der Waals surface area contributed by atoms with Gasteiger partial charge in [-0.05, 0) is 63.5 Å². The largest absolute Gasteiger partial charge is 0.487 e. The van der Waals surface area contributed by atoms with E-state index in [9.17, 15) is 0 Å². The number of hydrogen-bond acceptors (Lipinski definition) is 4. The summed E-state index contributed by atoms with van der Waals surface area (Å²) in [6, 6.07) is 16.3. The summed E-state index contributed by atoms with van der Waals surface area (Å²) in [6.45, 7) is 0.507. The summed E-state index contributed by atoms with van der Waals surface area (Å²) in [6.07, 6.45) is 4.09. The molecule has 2 aromatic carbocycles. The number of anilines is 1. The van der Waals surface area contributed by atoms with Gasteiger partial charge in [-0.3, -0.25) is 4.90 Å². The maximum Gasteiger partial charge on any atom is 0.138 e. The molecule has 1 fully saturated rings. The first kappa shape index (κ1) is 19.0. The molecule has 3 N–H and O–H groups in total. The van der Waals surface area contributed by atoms with E-state index >= 15 is 0 Å². The Labute approximate surface area is 161 Å². The molecule has 0 spiro atoms. The van der Waals surface area contributed by atoms with Gasteiger partial charge in [-0.15, -0.1) is 0 Å². The van der Waals surface area contributed by atoms with Crippen LogP contribution in [-0.2, 0) is 6.61 Å². The van der Waals surface area contributed by atoms with Crippen LogP contribution in [0.1, 0.15) is 31.2 Å². The van der Waals surface area contributed by atoms with Crippen molar-refractivity contribution in [1.29, 1.82) is 0 Å². The third-order valence-electron chi connectivity index (χ3n) is 5.26. The van der Waals surface area contributed by atoms with Crippen LogP contribution in [-0.4, -0.2) is 30.7 Å². The normalized spacial score (nSPS) is 23.0. The Hall–Kier alpha value is -1.75.